The number of benzene rings is 1. The molecule has 0 amide bonds. The van der Waals surface area contributed by atoms with Gasteiger partial charge in [-0.3, -0.25) is 4.79 Å². The lowest BCUT2D eigenvalue weighted by atomic mass is 10.0. The molecule has 1 aromatic carbocycles. The van der Waals surface area contributed by atoms with E-state index in [1.54, 1.807) is 25.1 Å². The number of hydrogen-bond acceptors (Lipinski definition) is 3. The molecule has 2 rings (SSSR count). The number of amidine groups is 1. The predicted molar refractivity (Wildman–Crippen MR) is 86.8 cm³/mol. The quantitative estimate of drug-likeness (QED) is 0.478. The van der Waals surface area contributed by atoms with Crippen LogP contribution in [0.15, 0.2) is 62.4 Å². The first kappa shape index (κ1) is 16.0. The number of carbonyl (C=O) groups is 1. The highest BCUT2D eigenvalue weighted by Crippen LogP contribution is 2.14. The van der Waals surface area contributed by atoms with E-state index in [9.17, 15) is 13.2 Å². The minimum absolute atomic E-state index is 0.113. The summed E-state index contributed by atoms with van der Waals surface area (Å²) in [4.78, 5) is 15.5. The molecule has 114 valence electrons. The molecule has 0 spiro atoms. The number of hydrogen-bond donors (Lipinski definition) is 0. The highest BCUT2D eigenvalue weighted by molar-refractivity contribution is 7.90. The molecule has 0 aliphatic heterocycles. The van der Waals surface area contributed by atoms with E-state index < -0.39 is 10.0 Å². The zero-order valence-electron chi connectivity index (χ0n) is 12.6. The first-order valence-corrected chi connectivity index (χ1v) is 8.09. The fourth-order valence-electron chi connectivity index (χ4n) is 1.88. The number of aliphatic imine (C=N–C) groups is 1. The molecule has 0 aromatic heterocycles. The topological polar surface area (TPSA) is 75.9 Å². The van der Waals surface area contributed by atoms with Gasteiger partial charge in [-0.15, -0.1) is 4.40 Å². The molecule has 0 fully saturated rings. The molecule has 0 atom stereocenters. The van der Waals surface area contributed by atoms with Crippen molar-refractivity contribution in [1.29, 1.82) is 0 Å². The van der Waals surface area contributed by atoms with Crippen molar-refractivity contribution < 1.29 is 13.2 Å². The monoisotopic (exact) mass is 316 g/mol. The molecule has 0 bridgehead atoms. The van der Waals surface area contributed by atoms with Gasteiger partial charge in [-0.2, -0.15) is 8.42 Å². The molecular weight excluding hydrogens is 300 g/mol. The van der Waals surface area contributed by atoms with Crippen LogP contribution in [0.2, 0.25) is 0 Å². The van der Waals surface area contributed by atoms with E-state index in [4.69, 9.17) is 0 Å². The minimum atomic E-state index is -3.78. The summed E-state index contributed by atoms with van der Waals surface area (Å²) >= 11 is 0. The third kappa shape index (κ3) is 3.85. The third-order valence-electron chi connectivity index (χ3n) is 3.02. The fraction of sp³-hybridized carbons (Fsp3) is 0.188. The van der Waals surface area contributed by atoms with Gasteiger partial charge in [0, 0.05) is 0 Å². The van der Waals surface area contributed by atoms with Crippen LogP contribution in [-0.4, -0.2) is 25.7 Å². The van der Waals surface area contributed by atoms with Gasteiger partial charge in [0.15, 0.2) is 5.78 Å². The van der Waals surface area contributed by atoms with Gasteiger partial charge in [-0.05, 0) is 56.7 Å². The normalized spacial score (nSPS) is 17.8. The van der Waals surface area contributed by atoms with Gasteiger partial charge in [0.2, 0.25) is 0 Å². The number of nitrogens with zero attached hydrogens (tertiary/aromatic N) is 2. The lowest BCUT2D eigenvalue weighted by Crippen LogP contribution is -2.08. The Morgan fingerprint density at radius 3 is 2.27 bits per heavy atom. The first-order chi connectivity index (χ1) is 10.3. The Hall–Kier alpha value is -2.34. The number of allylic oxidation sites excluding steroid dienone is 4. The molecule has 6 heteroatoms. The smallest absolute Gasteiger partial charge is 0.283 e. The average molecular weight is 316 g/mol. The highest BCUT2D eigenvalue weighted by atomic mass is 32.2. The van der Waals surface area contributed by atoms with Gasteiger partial charge >= 0.3 is 0 Å². The molecule has 0 saturated heterocycles. The Balaban J connectivity index is 2.32. The summed E-state index contributed by atoms with van der Waals surface area (Å²) < 4.78 is 28.1. The number of carbonyl (C=O) groups excluding carboxylic acids is 1. The van der Waals surface area contributed by atoms with Gasteiger partial charge in [0.1, 0.15) is 5.84 Å². The van der Waals surface area contributed by atoms with Crippen molar-refractivity contribution in [2.24, 2.45) is 9.39 Å². The van der Waals surface area contributed by atoms with Gasteiger partial charge < -0.3 is 0 Å². The summed E-state index contributed by atoms with van der Waals surface area (Å²) in [5.74, 6) is 0.000595. The maximum Gasteiger partial charge on any atom is 0.283 e. The number of ketones is 1. The van der Waals surface area contributed by atoms with Crippen LogP contribution in [0, 0.1) is 6.92 Å². The molecule has 0 N–H and O–H groups in total. The van der Waals surface area contributed by atoms with E-state index >= 15 is 0 Å². The summed E-state index contributed by atoms with van der Waals surface area (Å²) in [6.45, 7) is 5.13. The Morgan fingerprint density at radius 2 is 1.68 bits per heavy atom. The highest BCUT2D eigenvalue weighted by Gasteiger charge is 2.13. The van der Waals surface area contributed by atoms with Gasteiger partial charge in [-0.1, -0.05) is 17.7 Å². The second kappa shape index (κ2) is 6.19. The van der Waals surface area contributed by atoms with Crippen LogP contribution >= 0.6 is 0 Å². The molecule has 1 aliphatic rings. The summed E-state index contributed by atoms with van der Waals surface area (Å²) in [6.07, 6.45) is 4.38. The third-order valence-corrected chi connectivity index (χ3v) is 4.39. The first-order valence-electron chi connectivity index (χ1n) is 6.65. The largest absolute Gasteiger partial charge is 0.290 e. The van der Waals surface area contributed by atoms with Crippen LogP contribution in [-0.2, 0) is 14.8 Å². The summed E-state index contributed by atoms with van der Waals surface area (Å²) in [5.41, 5.74) is 2.17. The molecule has 22 heavy (non-hydrogen) atoms. The summed E-state index contributed by atoms with van der Waals surface area (Å²) in [7, 11) is -3.78. The van der Waals surface area contributed by atoms with E-state index in [0.717, 1.165) is 5.56 Å². The van der Waals surface area contributed by atoms with E-state index in [-0.39, 0.29) is 16.5 Å². The maximum absolute atomic E-state index is 12.2. The molecule has 0 unspecified atom stereocenters. The molecule has 1 aromatic rings. The van der Waals surface area contributed by atoms with Crippen LogP contribution < -0.4 is 0 Å². The zero-order valence-corrected chi connectivity index (χ0v) is 13.4. The van der Waals surface area contributed by atoms with Crippen LogP contribution in [0.1, 0.15) is 19.4 Å². The van der Waals surface area contributed by atoms with Crippen molar-refractivity contribution in [3.05, 3.63) is 53.6 Å². The summed E-state index contributed by atoms with van der Waals surface area (Å²) in [6, 6.07) is 6.45. The van der Waals surface area contributed by atoms with Gasteiger partial charge in [-0.25, -0.2) is 4.99 Å². The van der Waals surface area contributed by atoms with Crippen molar-refractivity contribution >= 4 is 27.4 Å². The van der Waals surface area contributed by atoms with Crippen LogP contribution in [0.25, 0.3) is 0 Å². The second-order valence-electron chi connectivity index (χ2n) is 4.99. The zero-order chi connectivity index (χ0) is 16.3. The van der Waals surface area contributed by atoms with Crippen LogP contribution in [0.3, 0.4) is 0 Å². The lowest BCUT2D eigenvalue weighted by Gasteiger charge is -2.05. The van der Waals surface area contributed by atoms with E-state index in [1.807, 2.05) is 6.92 Å². The van der Waals surface area contributed by atoms with E-state index in [1.165, 1.54) is 31.2 Å². The molecule has 0 radical (unpaired) electrons. The number of sulfonamides is 1. The second-order valence-corrected chi connectivity index (χ2v) is 6.59. The van der Waals surface area contributed by atoms with Crippen molar-refractivity contribution in [2.75, 3.05) is 0 Å². The van der Waals surface area contributed by atoms with Crippen molar-refractivity contribution in [1.82, 2.24) is 0 Å². The van der Waals surface area contributed by atoms with Crippen molar-refractivity contribution in [3.8, 4) is 0 Å². The van der Waals surface area contributed by atoms with Gasteiger partial charge in [0.25, 0.3) is 10.0 Å². The molecule has 5 nitrogen and oxygen atoms in total. The SMILES string of the molecule is CC1=CC(=O)C=CC1=N/C(C)=N\S(=O)(=O)c1ccc(C)cc1. The van der Waals surface area contributed by atoms with Gasteiger partial charge in [0.05, 0.1) is 10.6 Å². The van der Waals surface area contributed by atoms with E-state index in [2.05, 4.69) is 9.39 Å². The number of aryl methyl sites for hydroxylation is 1. The number of rotatable bonds is 2. The average Bonchev–Trinajstić information content (AvgIpc) is 2.42. The summed E-state index contributed by atoms with van der Waals surface area (Å²) in [5, 5.41) is 0. The molecule has 0 saturated carbocycles. The van der Waals surface area contributed by atoms with Crippen LogP contribution in [0.5, 0.6) is 0 Å². The predicted octanol–water partition coefficient (Wildman–Crippen LogP) is 2.63. The maximum atomic E-state index is 12.2. The lowest BCUT2D eigenvalue weighted by molar-refractivity contribution is -0.110. The Bertz CT molecular complexity index is 827. The standard InChI is InChI=1S/C16H16N2O3S/c1-11-4-7-15(8-5-11)22(20,21)18-13(3)17-16-9-6-14(19)10-12(16)2/h4-10H,1-3H3/b17-16?,18-13-. The molecular formula is C16H16N2O3S. The van der Waals surface area contributed by atoms with E-state index in [0.29, 0.717) is 11.3 Å². The Labute approximate surface area is 129 Å². The fourth-order valence-corrected chi connectivity index (χ4v) is 2.86. The van der Waals surface area contributed by atoms with Crippen molar-refractivity contribution in [3.63, 3.8) is 0 Å². The van der Waals surface area contributed by atoms with Crippen molar-refractivity contribution in [2.45, 2.75) is 25.7 Å². The molecule has 0 heterocycles. The van der Waals surface area contributed by atoms with Crippen LogP contribution in [0.4, 0.5) is 0 Å². The Kier molecular flexibility index (Phi) is 4.51. The minimum Gasteiger partial charge on any atom is -0.290 e. The Morgan fingerprint density at radius 1 is 1.05 bits per heavy atom. The molecule has 1 aliphatic carbocycles.